The van der Waals surface area contributed by atoms with E-state index in [1.807, 2.05) is 23.6 Å². The Bertz CT molecular complexity index is 1500. The number of fused-ring (bicyclic) bond motifs is 10. The molecule has 4 heteroatoms. The minimum atomic E-state index is -0.651. The van der Waals surface area contributed by atoms with Gasteiger partial charge in [0.1, 0.15) is 6.10 Å². The average molecular weight is 396 g/mol. The molecule has 28 heavy (non-hydrogen) atoms. The standard InChI is InChI=1S/C24H12O2S2/c25-21-17-10-16-14-4-2-12-6-8-28-24(12)20(14)22(26)18(16)9-15(17)13-3-1-11-5-7-27-23(11)19(13)21/h1-10,21,25H. The number of aliphatic hydroxyl groups excluding tert-OH is 1. The van der Waals surface area contributed by atoms with Crippen LogP contribution in [0.4, 0.5) is 0 Å². The SMILES string of the molecule is O=C1c2cc3c(cc2-c2ccc4ccsc4c21)C(O)c1c-3ccc2ccsc12. The van der Waals surface area contributed by atoms with Crippen molar-refractivity contribution in [3.63, 3.8) is 0 Å². The van der Waals surface area contributed by atoms with Gasteiger partial charge in [-0.25, -0.2) is 0 Å². The summed E-state index contributed by atoms with van der Waals surface area (Å²) in [7, 11) is 0. The predicted molar refractivity (Wildman–Crippen MR) is 116 cm³/mol. The lowest BCUT2D eigenvalue weighted by molar-refractivity contribution is 0.104. The van der Waals surface area contributed by atoms with Gasteiger partial charge in [-0.1, -0.05) is 24.3 Å². The highest BCUT2D eigenvalue weighted by Crippen LogP contribution is 2.52. The Hall–Kier alpha value is -2.79. The lowest BCUT2D eigenvalue weighted by atomic mass is 9.97. The van der Waals surface area contributed by atoms with Crippen molar-refractivity contribution in [3.8, 4) is 22.3 Å². The van der Waals surface area contributed by atoms with Crippen molar-refractivity contribution in [1.29, 1.82) is 0 Å². The molecule has 0 saturated carbocycles. The fourth-order valence-electron chi connectivity index (χ4n) is 4.82. The van der Waals surface area contributed by atoms with Crippen LogP contribution in [0.25, 0.3) is 42.4 Å². The molecule has 3 aromatic carbocycles. The van der Waals surface area contributed by atoms with Gasteiger partial charge in [-0.2, -0.15) is 0 Å². The first kappa shape index (κ1) is 15.2. The van der Waals surface area contributed by atoms with Crippen molar-refractivity contribution < 1.29 is 9.90 Å². The number of thiophene rings is 2. The molecule has 0 amide bonds. The van der Waals surface area contributed by atoms with Gasteiger partial charge in [0.2, 0.25) is 0 Å². The third-order valence-corrected chi connectivity index (χ3v) is 8.00. The van der Waals surface area contributed by atoms with Gasteiger partial charge in [0, 0.05) is 26.1 Å². The van der Waals surface area contributed by atoms with Gasteiger partial charge in [0.25, 0.3) is 0 Å². The summed E-state index contributed by atoms with van der Waals surface area (Å²) in [6.45, 7) is 0. The zero-order valence-corrected chi connectivity index (χ0v) is 16.2. The Morgan fingerprint density at radius 2 is 1.43 bits per heavy atom. The van der Waals surface area contributed by atoms with Crippen LogP contribution in [-0.2, 0) is 0 Å². The summed E-state index contributed by atoms with van der Waals surface area (Å²) in [6.07, 6.45) is -0.651. The third-order valence-electron chi connectivity index (χ3n) is 6.09. The fraction of sp³-hybridized carbons (Fsp3) is 0.0417. The van der Waals surface area contributed by atoms with Crippen LogP contribution in [0.2, 0.25) is 0 Å². The van der Waals surface area contributed by atoms with E-state index < -0.39 is 6.10 Å². The molecule has 7 rings (SSSR count). The van der Waals surface area contributed by atoms with Crippen LogP contribution in [0.1, 0.15) is 33.2 Å². The smallest absolute Gasteiger partial charge is 0.195 e. The molecule has 0 radical (unpaired) electrons. The summed E-state index contributed by atoms with van der Waals surface area (Å²) >= 11 is 3.28. The number of benzene rings is 3. The molecule has 1 N–H and O–H groups in total. The highest BCUT2D eigenvalue weighted by atomic mass is 32.1. The summed E-state index contributed by atoms with van der Waals surface area (Å²) in [5, 5.41) is 17.5. The van der Waals surface area contributed by atoms with Crippen molar-refractivity contribution in [1.82, 2.24) is 0 Å². The first-order valence-electron chi connectivity index (χ1n) is 9.14. The Morgan fingerprint density at radius 3 is 2.25 bits per heavy atom. The van der Waals surface area contributed by atoms with E-state index in [4.69, 9.17) is 0 Å². The minimum Gasteiger partial charge on any atom is -0.384 e. The molecule has 0 spiro atoms. The van der Waals surface area contributed by atoms with Crippen molar-refractivity contribution in [3.05, 3.63) is 81.5 Å². The molecular formula is C24H12O2S2. The summed E-state index contributed by atoms with van der Waals surface area (Å²) in [6, 6.07) is 16.5. The molecule has 2 aliphatic rings. The second kappa shape index (κ2) is 4.97. The molecule has 132 valence electrons. The van der Waals surface area contributed by atoms with Crippen LogP contribution in [0, 0.1) is 0 Å². The Morgan fingerprint density at radius 1 is 0.714 bits per heavy atom. The molecule has 0 bridgehead atoms. The van der Waals surface area contributed by atoms with Crippen LogP contribution in [0.15, 0.2) is 59.3 Å². The van der Waals surface area contributed by atoms with E-state index in [1.54, 1.807) is 22.7 Å². The second-order valence-corrected chi connectivity index (χ2v) is 9.24. The Balaban J connectivity index is 1.54. The Labute approximate surface area is 168 Å². The number of carbonyl (C=O) groups is 1. The first-order valence-corrected chi connectivity index (χ1v) is 10.9. The molecule has 5 aromatic rings. The second-order valence-electron chi connectivity index (χ2n) is 7.41. The first-order chi connectivity index (χ1) is 13.7. The third kappa shape index (κ3) is 1.65. The van der Waals surface area contributed by atoms with Gasteiger partial charge in [-0.15, -0.1) is 22.7 Å². The number of hydrogen-bond donors (Lipinski definition) is 1. The zero-order valence-electron chi connectivity index (χ0n) is 14.5. The number of aliphatic hydroxyl groups is 1. The quantitative estimate of drug-likeness (QED) is 0.323. The number of rotatable bonds is 0. The van der Waals surface area contributed by atoms with E-state index in [1.165, 1.54) is 0 Å². The van der Waals surface area contributed by atoms with E-state index in [2.05, 4.69) is 35.7 Å². The zero-order chi connectivity index (χ0) is 18.6. The number of hydrogen-bond acceptors (Lipinski definition) is 4. The molecular weight excluding hydrogens is 384 g/mol. The average Bonchev–Trinajstić information content (AvgIpc) is 3.46. The lowest BCUT2D eigenvalue weighted by Crippen LogP contribution is -1.97. The monoisotopic (exact) mass is 396 g/mol. The molecule has 2 aliphatic carbocycles. The van der Waals surface area contributed by atoms with E-state index in [0.29, 0.717) is 0 Å². The lowest BCUT2D eigenvalue weighted by Gasteiger charge is -2.08. The molecule has 2 heterocycles. The van der Waals surface area contributed by atoms with Crippen LogP contribution in [0.3, 0.4) is 0 Å². The maximum Gasteiger partial charge on any atom is 0.195 e. The fourth-order valence-corrected chi connectivity index (χ4v) is 6.73. The van der Waals surface area contributed by atoms with Crippen LogP contribution < -0.4 is 0 Å². The van der Waals surface area contributed by atoms with E-state index in [0.717, 1.165) is 64.7 Å². The molecule has 1 unspecified atom stereocenters. The van der Waals surface area contributed by atoms with E-state index in [9.17, 15) is 9.90 Å². The maximum atomic E-state index is 13.3. The molecule has 2 nitrogen and oxygen atoms in total. The normalized spacial score (nSPS) is 16.5. The van der Waals surface area contributed by atoms with Crippen LogP contribution in [0.5, 0.6) is 0 Å². The van der Waals surface area contributed by atoms with E-state index >= 15 is 0 Å². The van der Waals surface area contributed by atoms with Gasteiger partial charge >= 0.3 is 0 Å². The van der Waals surface area contributed by atoms with Crippen LogP contribution in [-0.4, -0.2) is 10.9 Å². The number of ketones is 1. The van der Waals surface area contributed by atoms with E-state index in [-0.39, 0.29) is 5.78 Å². The molecule has 0 saturated heterocycles. The highest BCUT2D eigenvalue weighted by molar-refractivity contribution is 7.18. The molecule has 0 fully saturated rings. The highest BCUT2D eigenvalue weighted by Gasteiger charge is 2.35. The van der Waals surface area contributed by atoms with Gasteiger partial charge in [-0.05, 0) is 73.6 Å². The van der Waals surface area contributed by atoms with Crippen molar-refractivity contribution >= 4 is 48.6 Å². The maximum absolute atomic E-state index is 13.3. The van der Waals surface area contributed by atoms with Gasteiger partial charge in [0.05, 0.1) is 0 Å². The van der Waals surface area contributed by atoms with Gasteiger partial charge in [0.15, 0.2) is 5.78 Å². The summed E-state index contributed by atoms with van der Waals surface area (Å²) in [5.41, 5.74) is 7.42. The largest absolute Gasteiger partial charge is 0.384 e. The number of carbonyl (C=O) groups excluding carboxylic acids is 1. The van der Waals surface area contributed by atoms with Crippen molar-refractivity contribution in [2.24, 2.45) is 0 Å². The van der Waals surface area contributed by atoms with Gasteiger partial charge < -0.3 is 5.11 Å². The topological polar surface area (TPSA) is 37.3 Å². The summed E-state index contributed by atoms with van der Waals surface area (Å²) in [4.78, 5) is 13.3. The summed E-state index contributed by atoms with van der Waals surface area (Å²) in [5.74, 6) is 0.0981. The molecule has 2 aromatic heterocycles. The van der Waals surface area contributed by atoms with Crippen molar-refractivity contribution in [2.45, 2.75) is 6.10 Å². The Kier molecular flexibility index (Phi) is 2.69. The minimum absolute atomic E-state index is 0.0981. The van der Waals surface area contributed by atoms with Crippen molar-refractivity contribution in [2.75, 3.05) is 0 Å². The predicted octanol–water partition coefficient (Wildman–Crippen LogP) is 6.39. The van der Waals surface area contributed by atoms with Gasteiger partial charge in [-0.3, -0.25) is 4.79 Å². The molecule has 1 atom stereocenters. The summed E-state index contributed by atoms with van der Waals surface area (Å²) < 4.78 is 2.19. The molecule has 0 aliphatic heterocycles. The van der Waals surface area contributed by atoms with Crippen LogP contribution >= 0.6 is 22.7 Å².